The van der Waals surface area contributed by atoms with E-state index >= 15 is 0 Å². The van der Waals surface area contributed by atoms with E-state index in [0.717, 1.165) is 43.3 Å². The second-order valence-corrected chi connectivity index (χ2v) is 9.38. The Hall–Kier alpha value is -2.62. The lowest BCUT2D eigenvalue weighted by Crippen LogP contribution is -2.27. The first kappa shape index (κ1) is 20.3. The first-order valence-corrected chi connectivity index (χ1v) is 12.0. The Balaban J connectivity index is 1.32. The van der Waals surface area contributed by atoms with Crippen LogP contribution >= 0.6 is 0 Å². The van der Waals surface area contributed by atoms with E-state index in [4.69, 9.17) is 4.98 Å². The molecule has 1 aliphatic carbocycles. The molecule has 1 aliphatic heterocycles. The van der Waals surface area contributed by atoms with Gasteiger partial charge >= 0.3 is 0 Å². The number of amides is 1. The minimum Gasteiger partial charge on any atom is -0.342 e. The summed E-state index contributed by atoms with van der Waals surface area (Å²) in [4.78, 5) is 19.9. The van der Waals surface area contributed by atoms with E-state index < -0.39 is 0 Å². The van der Waals surface area contributed by atoms with E-state index in [1.165, 1.54) is 49.6 Å². The van der Waals surface area contributed by atoms with Gasteiger partial charge in [0.25, 0.3) is 0 Å². The van der Waals surface area contributed by atoms with E-state index in [1.54, 1.807) is 0 Å². The Morgan fingerprint density at radius 2 is 1.68 bits per heavy atom. The van der Waals surface area contributed by atoms with Crippen molar-refractivity contribution >= 4 is 16.9 Å². The topological polar surface area (TPSA) is 38.1 Å². The van der Waals surface area contributed by atoms with Gasteiger partial charge in [0, 0.05) is 32.0 Å². The molecule has 2 heterocycles. The molecule has 5 rings (SSSR count). The molecule has 1 atom stereocenters. The average molecular weight is 416 g/mol. The third-order valence-electron chi connectivity index (χ3n) is 7.26. The average Bonchev–Trinajstić information content (AvgIpc) is 3.37. The van der Waals surface area contributed by atoms with Crippen molar-refractivity contribution in [2.45, 2.75) is 63.8 Å². The predicted octanol–water partition coefficient (Wildman–Crippen LogP) is 5.57. The van der Waals surface area contributed by atoms with Crippen molar-refractivity contribution in [1.29, 1.82) is 0 Å². The van der Waals surface area contributed by atoms with Crippen LogP contribution in [-0.2, 0) is 17.8 Å². The zero-order valence-corrected chi connectivity index (χ0v) is 18.4. The molecule has 4 nitrogen and oxygen atoms in total. The van der Waals surface area contributed by atoms with Crippen LogP contribution in [0.5, 0.6) is 0 Å². The fourth-order valence-electron chi connectivity index (χ4n) is 5.50. The van der Waals surface area contributed by atoms with Crippen LogP contribution < -0.4 is 0 Å². The lowest BCUT2D eigenvalue weighted by Gasteiger charge is -2.23. The van der Waals surface area contributed by atoms with Crippen molar-refractivity contribution in [3.63, 3.8) is 0 Å². The normalized spacial score (nSPS) is 20.1. The number of carbonyl (C=O) groups excluding carboxylic acids is 1. The van der Waals surface area contributed by atoms with Crippen molar-refractivity contribution in [3.8, 4) is 0 Å². The fourth-order valence-corrected chi connectivity index (χ4v) is 5.50. The molecule has 3 aromatic rings. The van der Waals surface area contributed by atoms with Crippen molar-refractivity contribution in [1.82, 2.24) is 14.5 Å². The molecule has 2 fully saturated rings. The third-order valence-corrected chi connectivity index (χ3v) is 7.26. The summed E-state index contributed by atoms with van der Waals surface area (Å²) in [5, 5.41) is 0. The van der Waals surface area contributed by atoms with Gasteiger partial charge in [0.15, 0.2) is 0 Å². The monoisotopic (exact) mass is 415 g/mol. The largest absolute Gasteiger partial charge is 0.342 e. The highest BCUT2D eigenvalue weighted by Crippen LogP contribution is 2.32. The number of carbonyl (C=O) groups is 1. The van der Waals surface area contributed by atoms with Gasteiger partial charge < -0.3 is 9.47 Å². The van der Waals surface area contributed by atoms with E-state index in [0.29, 0.717) is 6.42 Å². The number of hydrogen-bond donors (Lipinski definition) is 0. The third kappa shape index (κ3) is 4.53. The number of para-hydroxylation sites is 2. The second-order valence-electron chi connectivity index (χ2n) is 9.38. The Labute approximate surface area is 185 Å². The molecular weight excluding hydrogens is 382 g/mol. The molecule has 162 valence electrons. The Morgan fingerprint density at radius 3 is 2.52 bits per heavy atom. The highest BCUT2D eigenvalue weighted by molar-refractivity contribution is 5.81. The van der Waals surface area contributed by atoms with Crippen LogP contribution in [0.2, 0.25) is 0 Å². The molecule has 0 N–H and O–H groups in total. The maximum atomic E-state index is 12.8. The van der Waals surface area contributed by atoms with Gasteiger partial charge in [-0.25, -0.2) is 4.98 Å². The summed E-state index contributed by atoms with van der Waals surface area (Å²) in [7, 11) is 0. The summed E-state index contributed by atoms with van der Waals surface area (Å²) in [5.74, 6) is 2.43. The summed E-state index contributed by atoms with van der Waals surface area (Å²) < 4.78 is 2.43. The standard InChI is InChI=1S/C27H33N3O/c31-26-19-23(20-29(26)17-15-21-9-3-1-4-10-21)27-28-24-13-7-8-14-25(24)30(27)18-16-22-11-5-2-6-12-22/h1,3-4,7-10,13-14,22-23H,2,5-6,11-12,15-20H2. The highest BCUT2D eigenvalue weighted by Gasteiger charge is 2.33. The molecule has 4 heteroatoms. The lowest BCUT2D eigenvalue weighted by molar-refractivity contribution is -0.127. The molecule has 31 heavy (non-hydrogen) atoms. The molecule has 1 saturated heterocycles. The van der Waals surface area contributed by atoms with Gasteiger partial charge in [-0.1, -0.05) is 74.6 Å². The van der Waals surface area contributed by atoms with Gasteiger partial charge in [-0.3, -0.25) is 4.79 Å². The quantitative estimate of drug-likeness (QED) is 0.506. The first-order chi connectivity index (χ1) is 15.3. The smallest absolute Gasteiger partial charge is 0.223 e. The highest BCUT2D eigenvalue weighted by atomic mass is 16.2. The maximum Gasteiger partial charge on any atom is 0.223 e. The number of rotatable bonds is 7. The fraction of sp³-hybridized carbons (Fsp3) is 0.481. The molecule has 2 aliphatic rings. The van der Waals surface area contributed by atoms with Crippen LogP contribution in [0, 0.1) is 5.92 Å². The molecule has 1 saturated carbocycles. The minimum absolute atomic E-state index is 0.196. The number of imidazole rings is 1. The number of aromatic nitrogens is 2. The zero-order chi connectivity index (χ0) is 21.0. The van der Waals surface area contributed by atoms with Crippen LogP contribution in [0.1, 0.15) is 62.3 Å². The molecular formula is C27H33N3O. The molecule has 0 spiro atoms. The van der Waals surface area contributed by atoms with Gasteiger partial charge in [-0.05, 0) is 36.5 Å². The van der Waals surface area contributed by atoms with Gasteiger partial charge in [0.05, 0.1) is 11.0 Å². The van der Waals surface area contributed by atoms with Gasteiger partial charge in [0.2, 0.25) is 5.91 Å². The van der Waals surface area contributed by atoms with Crippen molar-refractivity contribution in [2.24, 2.45) is 5.92 Å². The van der Waals surface area contributed by atoms with Crippen LogP contribution in [-0.4, -0.2) is 33.4 Å². The SMILES string of the molecule is O=C1CC(c2nc3ccccc3n2CCC2CCCCC2)CN1CCc1ccccc1. The molecule has 1 unspecified atom stereocenters. The molecule has 1 aromatic heterocycles. The summed E-state index contributed by atoms with van der Waals surface area (Å²) in [6.45, 7) is 2.61. The van der Waals surface area contributed by atoms with E-state index in [1.807, 2.05) is 11.0 Å². The number of nitrogens with zero attached hydrogens (tertiary/aromatic N) is 3. The Morgan fingerprint density at radius 1 is 0.903 bits per heavy atom. The van der Waals surface area contributed by atoms with Crippen molar-refractivity contribution < 1.29 is 4.79 Å². The van der Waals surface area contributed by atoms with Crippen molar-refractivity contribution in [2.75, 3.05) is 13.1 Å². The Bertz CT molecular complexity index is 1020. The summed E-state index contributed by atoms with van der Waals surface area (Å²) in [6, 6.07) is 18.9. The van der Waals surface area contributed by atoms with Gasteiger partial charge in [0.1, 0.15) is 5.82 Å². The summed E-state index contributed by atoms with van der Waals surface area (Å²) >= 11 is 0. The first-order valence-electron chi connectivity index (χ1n) is 12.0. The molecule has 0 bridgehead atoms. The predicted molar refractivity (Wildman–Crippen MR) is 125 cm³/mol. The number of likely N-dealkylation sites (tertiary alicyclic amines) is 1. The van der Waals surface area contributed by atoms with Crippen LogP contribution in [0.15, 0.2) is 54.6 Å². The van der Waals surface area contributed by atoms with Crippen LogP contribution in [0.25, 0.3) is 11.0 Å². The number of hydrogen-bond acceptors (Lipinski definition) is 2. The minimum atomic E-state index is 0.196. The lowest BCUT2D eigenvalue weighted by atomic mass is 9.87. The van der Waals surface area contributed by atoms with Gasteiger partial charge in [-0.2, -0.15) is 0 Å². The summed E-state index contributed by atoms with van der Waals surface area (Å²) in [6.07, 6.45) is 9.64. The molecule has 1 amide bonds. The maximum absolute atomic E-state index is 12.8. The molecule has 0 radical (unpaired) electrons. The molecule has 2 aromatic carbocycles. The zero-order valence-electron chi connectivity index (χ0n) is 18.4. The number of fused-ring (bicyclic) bond motifs is 1. The van der Waals surface area contributed by atoms with E-state index in [2.05, 4.69) is 53.1 Å². The van der Waals surface area contributed by atoms with E-state index in [-0.39, 0.29) is 11.8 Å². The van der Waals surface area contributed by atoms with Crippen LogP contribution in [0.4, 0.5) is 0 Å². The Kier molecular flexibility index (Phi) is 6.06. The van der Waals surface area contributed by atoms with Gasteiger partial charge in [-0.15, -0.1) is 0 Å². The number of aryl methyl sites for hydroxylation is 1. The van der Waals surface area contributed by atoms with Crippen LogP contribution in [0.3, 0.4) is 0 Å². The van der Waals surface area contributed by atoms with E-state index in [9.17, 15) is 4.79 Å². The second kappa shape index (κ2) is 9.25. The summed E-state index contributed by atoms with van der Waals surface area (Å²) in [5.41, 5.74) is 3.58. The number of benzene rings is 2. The van der Waals surface area contributed by atoms with Crippen molar-refractivity contribution in [3.05, 3.63) is 66.0 Å².